The van der Waals surface area contributed by atoms with Gasteiger partial charge in [-0.3, -0.25) is 0 Å². The van der Waals surface area contributed by atoms with E-state index in [1.807, 2.05) is 26.0 Å². The third-order valence-electron chi connectivity index (χ3n) is 3.80. The summed E-state index contributed by atoms with van der Waals surface area (Å²) in [4.78, 5) is 11.7. The average molecular weight is 306 g/mol. The molecule has 1 atom stereocenters. The minimum absolute atomic E-state index is 0.198. The molecular formula is C17H26N2O3. The fourth-order valence-electron chi connectivity index (χ4n) is 2.21. The lowest BCUT2D eigenvalue weighted by molar-refractivity contribution is 0.0337. The molecule has 5 nitrogen and oxygen atoms in total. The van der Waals surface area contributed by atoms with E-state index >= 15 is 0 Å². The first-order valence-electron chi connectivity index (χ1n) is 7.88. The molecule has 0 heterocycles. The van der Waals surface area contributed by atoms with Gasteiger partial charge in [0.2, 0.25) is 0 Å². The molecule has 122 valence electrons. The van der Waals surface area contributed by atoms with Gasteiger partial charge >= 0.3 is 6.03 Å². The van der Waals surface area contributed by atoms with E-state index in [2.05, 4.69) is 16.7 Å². The normalized spacial score (nSPS) is 15.4. The van der Waals surface area contributed by atoms with Crippen LogP contribution >= 0.6 is 0 Å². The number of aliphatic hydroxyl groups is 1. The second-order valence-electron chi connectivity index (χ2n) is 6.13. The molecule has 1 fully saturated rings. The van der Waals surface area contributed by atoms with Crippen LogP contribution < -0.4 is 10.6 Å². The topological polar surface area (TPSA) is 70.6 Å². The van der Waals surface area contributed by atoms with Crippen LogP contribution in [0.5, 0.6) is 0 Å². The van der Waals surface area contributed by atoms with E-state index in [4.69, 9.17) is 4.74 Å². The van der Waals surface area contributed by atoms with Crippen LogP contribution in [0.25, 0.3) is 0 Å². The molecule has 1 aromatic rings. The third kappa shape index (κ3) is 6.03. The Balaban J connectivity index is 1.60. The quantitative estimate of drug-likeness (QED) is 0.687. The lowest BCUT2D eigenvalue weighted by Gasteiger charge is -2.13. The SMILES string of the molecule is Cc1ccc(CNC(=O)NCC(O)COCC2CC2)c(C)c1. The van der Waals surface area contributed by atoms with Gasteiger partial charge in [0.15, 0.2) is 0 Å². The van der Waals surface area contributed by atoms with Gasteiger partial charge in [-0.1, -0.05) is 23.8 Å². The summed E-state index contributed by atoms with van der Waals surface area (Å²) in [5, 5.41) is 15.2. The van der Waals surface area contributed by atoms with E-state index in [0.717, 1.165) is 17.7 Å². The maximum absolute atomic E-state index is 11.7. The van der Waals surface area contributed by atoms with Gasteiger partial charge in [0, 0.05) is 19.7 Å². The lowest BCUT2D eigenvalue weighted by Crippen LogP contribution is -2.40. The zero-order valence-corrected chi connectivity index (χ0v) is 13.4. The van der Waals surface area contributed by atoms with Gasteiger partial charge in [0.25, 0.3) is 0 Å². The number of benzene rings is 1. The molecule has 1 unspecified atom stereocenters. The van der Waals surface area contributed by atoms with Crippen molar-refractivity contribution >= 4 is 6.03 Å². The zero-order valence-electron chi connectivity index (χ0n) is 13.4. The molecule has 2 rings (SSSR count). The molecule has 0 spiro atoms. The van der Waals surface area contributed by atoms with E-state index in [9.17, 15) is 9.90 Å². The minimum Gasteiger partial charge on any atom is -0.389 e. The van der Waals surface area contributed by atoms with E-state index in [1.54, 1.807) is 0 Å². The Morgan fingerprint density at radius 3 is 2.82 bits per heavy atom. The molecule has 1 saturated carbocycles. The summed E-state index contributed by atoms with van der Waals surface area (Å²) >= 11 is 0. The monoisotopic (exact) mass is 306 g/mol. The molecule has 2 amide bonds. The van der Waals surface area contributed by atoms with E-state index < -0.39 is 6.10 Å². The summed E-state index contributed by atoms with van der Waals surface area (Å²) in [6, 6.07) is 5.87. The maximum atomic E-state index is 11.7. The molecule has 22 heavy (non-hydrogen) atoms. The van der Waals surface area contributed by atoms with Crippen LogP contribution in [0.4, 0.5) is 4.79 Å². The van der Waals surface area contributed by atoms with Crippen LogP contribution in [-0.4, -0.2) is 37.0 Å². The van der Waals surface area contributed by atoms with Gasteiger partial charge in [-0.25, -0.2) is 4.79 Å². The average Bonchev–Trinajstić information content (AvgIpc) is 3.28. The predicted molar refractivity (Wildman–Crippen MR) is 85.7 cm³/mol. The Kier molecular flexibility index (Phi) is 6.21. The van der Waals surface area contributed by atoms with E-state index in [0.29, 0.717) is 12.5 Å². The molecular weight excluding hydrogens is 280 g/mol. The number of nitrogens with one attached hydrogen (secondary N) is 2. The molecule has 0 bridgehead atoms. The molecule has 0 radical (unpaired) electrons. The number of aliphatic hydroxyl groups excluding tert-OH is 1. The Hall–Kier alpha value is -1.59. The second-order valence-corrected chi connectivity index (χ2v) is 6.13. The summed E-state index contributed by atoms with van der Waals surface area (Å²) in [6.07, 6.45) is 1.80. The van der Waals surface area contributed by atoms with E-state index in [-0.39, 0.29) is 19.2 Å². The number of carbonyl (C=O) groups excluding carboxylic acids is 1. The van der Waals surface area contributed by atoms with Crippen molar-refractivity contribution in [3.8, 4) is 0 Å². The summed E-state index contributed by atoms with van der Waals surface area (Å²) in [6.45, 7) is 5.74. The predicted octanol–water partition coefficient (Wildman–Crippen LogP) is 1.89. The molecule has 1 aromatic carbocycles. The molecule has 0 aliphatic heterocycles. The maximum Gasteiger partial charge on any atom is 0.315 e. The van der Waals surface area contributed by atoms with E-state index in [1.165, 1.54) is 18.4 Å². The Bertz CT molecular complexity index is 501. The molecule has 1 aliphatic rings. The highest BCUT2D eigenvalue weighted by atomic mass is 16.5. The highest BCUT2D eigenvalue weighted by Crippen LogP contribution is 2.28. The summed E-state index contributed by atoms with van der Waals surface area (Å²) in [5.74, 6) is 0.682. The van der Waals surface area contributed by atoms with Gasteiger partial charge in [0.1, 0.15) is 0 Å². The third-order valence-corrected chi connectivity index (χ3v) is 3.80. The lowest BCUT2D eigenvalue weighted by atomic mass is 10.1. The number of carbonyl (C=O) groups is 1. The summed E-state index contributed by atoms with van der Waals surface area (Å²) in [7, 11) is 0. The number of amides is 2. The van der Waals surface area contributed by atoms with Crippen molar-refractivity contribution in [2.45, 2.75) is 39.3 Å². The van der Waals surface area contributed by atoms with Crippen molar-refractivity contribution in [2.75, 3.05) is 19.8 Å². The van der Waals surface area contributed by atoms with Gasteiger partial charge in [0.05, 0.1) is 12.7 Å². The van der Waals surface area contributed by atoms with Gasteiger partial charge < -0.3 is 20.5 Å². The Morgan fingerprint density at radius 1 is 1.36 bits per heavy atom. The zero-order chi connectivity index (χ0) is 15.9. The van der Waals surface area contributed by atoms with Gasteiger partial charge in [-0.05, 0) is 43.7 Å². The first-order chi connectivity index (χ1) is 10.5. The van der Waals surface area contributed by atoms with Gasteiger partial charge in [-0.15, -0.1) is 0 Å². The van der Waals surface area contributed by atoms with Crippen LogP contribution in [0, 0.1) is 19.8 Å². The Morgan fingerprint density at radius 2 is 2.14 bits per heavy atom. The number of rotatable bonds is 8. The smallest absolute Gasteiger partial charge is 0.315 e. The van der Waals surface area contributed by atoms with Crippen molar-refractivity contribution in [1.29, 1.82) is 0 Å². The van der Waals surface area contributed by atoms with Crippen LogP contribution in [0.3, 0.4) is 0 Å². The van der Waals surface area contributed by atoms with Gasteiger partial charge in [-0.2, -0.15) is 0 Å². The van der Waals surface area contributed by atoms with Crippen LogP contribution in [-0.2, 0) is 11.3 Å². The summed E-state index contributed by atoms with van der Waals surface area (Å²) < 4.78 is 5.39. The largest absolute Gasteiger partial charge is 0.389 e. The molecule has 5 heteroatoms. The summed E-state index contributed by atoms with van der Waals surface area (Å²) in [5.41, 5.74) is 3.46. The van der Waals surface area contributed by atoms with Crippen LogP contribution in [0.1, 0.15) is 29.5 Å². The van der Waals surface area contributed by atoms with Crippen molar-refractivity contribution < 1.29 is 14.6 Å². The number of ether oxygens (including phenoxy) is 1. The number of hydrogen-bond acceptors (Lipinski definition) is 3. The number of urea groups is 1. The van der Waals surface area contributed by atoms with Crippen molar-refractivity contribution in [3.63, 3.8) is 0 Å². The minimum atomic E-state index is -0.661. The molecule has 0 saturated heterocycles. The molecule has 0 aromatic heterocycles. The first kappa shape index (κ1) is 16.8. The fourth-order valence-corrected chi connectivity index (χ4v) is 2.21. The molecule has 3 N–H and O–H groups in total. The standard InChI is InChI=1S/C17H26N2O3/c1-12-3-6-15(13(2)7-12)8-18-17(21)19-9-16(20)11-22-10-14-4-5-14/h3,6-7,14,16,20H,4-5,8-11H2,1-2H3,(H2,18,19,21). The van der Waals surface area contributed by atoms with Crippen molar-refractivity contribution in [2.24, 2.45) is 5.92 Å². The number of hydrogen-bond donors (Lipinski definition) is 3. The van der Waals surface area contributed by atoms with Crippen molar-refractivity contribution in [3.05, 3.63) is 34.9 Å². The van der Waals surface area contributed by atoms with Crippen molar-refractivity contribution in [1.82, 2.24) is 10.6 Å². The first-order valence-corrected chi connectivity index (χ1v) is 7.88. The highest BCUT2D eigenvalue weighted by molar-refractivity contribution is 5.73. The van der Waals surface area contributed by atoms with Crippen LogP contribution in [0.15, 0.2) is 18.2 Å². The van der Waals surface area contributed by atoms with Crippen LogP contribution in [0.2, 0.25) is 0 Å². The fraction of sp³-hybridized carbons (Fsp3) is 0.588. The number of aryl methyl sites for hydroxylation is 2. The highest BCUT2D eigenvalue weighted by Gasteiger charge is 2.21. The second kappa shape index (κ2) is 8.15. The Labute approximate surface area is 132 Å². The molecule has 1 aliphatic carbocycles.